The number of rotatable bonds is 7. The maximum Gasteiger partial charge on any atom is 0.139 e. The van der Waals surface area contributed by atoms with Crippen LogP contribution in [0.15, 0.2) is 12.1 Å². The number of ether oxygens (including phenoxy) is 1. The van der Waals surface area contributed by atoms with Crippen LogP contribution < -0.4 is 4.74 Å². The zero-order valence-electron chi connectivity index (χ0n) is 9.39. The molecular formula is C12H15Cl3OS. The van der Waals surface area contributed by atoms with E-state index in [4.69, 9.17) is 39.5 Å². The predicted molar refractivity (Wildman–Crippen MR) is 79.3 cm³/mol. The third kappa shape index (κ3) is 5.60. The average Bonchev–Trinajstić information content (AvgIpc) is 2.30. The van der Waals surface area contributed by atoms with Crippen LogP contribution >= 0.6 is 47.4 Å². The van der Waals surface area contributed by atoms with E-state index in [-0.39, 0.29) is 0 Å². The highest BCUT2D eigenvalue weighted by Crippen LogP contribution is 2.33. The van der Waals surface area contributed by atoms with Crippen LogP contribution in [-0.2, 0) is 0 Å². The highest BCUT2D eigenvalue weighted by molar-refractivity contribution is 7.80. The molecule has 5 heteroatoms. The van der Waals surface area contributed by atoms with Crippen LogP contribution in [0.25, 0.3) is 0 Å². The topological polar surface area (TPSA) is 9.23 Å². The molecule has 0 fully saturated rings. The molecule has 0 unspecified atom stereocenters. The average molecular weight is 314 g/mol. The van der Waals surface area contributed by atoms with Gasteiger partial charge in [-0.2, -0.15) is 12.6 Å². The van der Waals surface area contributed by atoms with E-state index in [1.54, 1.807) is 12.1 Å². The summed E-state index contributed by atoms with van der Waals surface area (Å²) in [6.45, 7) is 0.643. The van der Waals surface area contributed by atoms with Gasteiger partial charge >= 0.3 is 0 Å². The number of thiol groups is 1. The Hall–Kier alpha value is 0.240. The van der Waals surface area contributed by atoms with Crippen LogP contribution in [0.1, 0.15) is 25.7 Å². The Kier molecular flexibility index (Phi) is 7.52. The normalized spacial score (nSPS) is 10.6. The molecule has 0 aliphatic heterocycles. The van der Waals surface area contributed by atoms with Gasteiger partial charge in [-0.1, -0.05) is 47.6 Å². The van der Waals surface area contributed by atoms with E-state index in [2.05, 4.69) is 12.6 Å². The van der Waals surface area contributed by atoms with Crippen molar-refractivity contribution in [3.05, 3.63) is 27.2 Å². The molecule has 0 atom stereocenters. The summed E-state index contributed by atoms with van der Waals surface area (Å²) in [6.07, 6.45) is 4.47. The number of unbranched alkanes of at least 4 members (excludes halogenated alkanes) is 3. The molecule has 0 heterocycles. The van der Waals surface area contributed by atoms with Gasteiger partial charge in [0, 0.05) is 6.07 Å². The summed E-state index contributed by atoms with van der Waals surface area (Å²) < 4.78 is 5.56. The molecule has 1 rings (SSSR count). The second kappa shape index (κ2) is 8.36. The first-order chi connectivity index (χ1) is 8.15. The van der Waals surface area contributed by atoms with Crippen molar-refractivity contribution >= 4 is 47.4 Å². The van der Waals surface area contributed by atoms with Crippen molar-refractivity contribution in [2.24, 2.45) is 0 Å². The third-order valence-electron chi connectivity index (χ3n) is 2.28. The van der Waals surface area contributed by atoms with Crippen LogP contribution in [0.2, 0.25) is 15.1 Å². The predicted octanol–water partition coefficient (Wildman–Crippen LogP) is 5.52. The van der Waals surface area contributed by atoms with Crippen LogP contribution in [0.5, 0.6) is 5.75 Å². The van der Waals surface area contributed by atoms with Gasteiger partial charge in [0.25, 0.3) is 0 Å². The lowest BCUT2D eigenvalue weighted by Gasteiger charge is -2.09. The molecule has 0 N–H and O–H groups in total. The molecule has 0 saturated heterocycles. The van der Waals surface area contributed by atoms with Crippen LogP contribution in [0.4, 0.5) is 0 Å². The Bertz CT molecular complexity index is 358. The van der Waals surface area contributed by atoms with E-state index in [9.17, 15) is 0 Å². The summed E-state index contributed by atoms with van der Waals surface area (Å²) in [6, 6.07) is 3.25. The van der Waals surface area contributed by atoms with Crippen molar-refractivity contribution in [2.45, 2.75) is 25.7 Å². The van der Waals surface area contributed by atoms with Crippen molar-refractivity contribution in [1.29, 1.82) is 0 Å². The number of hydrogen-bond acceptors (Lipinski definition) is 2. The maximum atomic E-state index is 5.99. The highest BCUT2D eigenvalue weighted by Gasteiger charge is 2.06. The van der Waals surface area contributed by atoms with Gasteiger partial charge in [0.05, 0.1) is 21.7 Å². The molecule has 0 radical (unpaired) electrons. The van der Waals surface area contributed by atoms with Crippen molar-refractivity contribution in [2.75, 3.05) is 12.4 Å². The fourth-order valence-corrected chi connectivity index (χ4v) is 2.18. The van der Waals surface area contributed by atoms with E-state index >= 15 is 0 Å². The Morgan fingerprint density at radius 1 is 0.882 bits per heavy atom. The lowest BCUT2D eigenvalue weighted by Crippen LogP contribution is -1.98. The molecule has 0 aliphatic rings. The van der Waals surface area contributed by atoms with Crippen molar-refractivity contribution in [3.63, 3.8) is 0 Å². The zero-order chi connectivity index (χ0) is 12.7. The first-order valence-corrected chi connectivity index (χ1v) is 7.30. The van der Waals surface area contributed by atoms with Crippen LogP contribution in [-0.4, -0.2) is 12.4 Å². The molecule has 0 amide bonds. The largest absolute Gasteiger partial charge is 0.492 e. The number of benzene rings is 1. The van der Waals surface area contributed by atoms with Crippen molar-refractivity contribution in [1.82, 2.24) is 0 Å². The number of halogens is 3. The van der Waals surface area contributed by atoms with E-state index in [1.165, 1.54) is 6.42 Å². The summed E-state index contributed by atoms with van der Waals surface area (Å²) >= 11 is 21.9. The van der Waals surface area contributed by atoms with Crippen molar-refractivity contribution < 1.29 is 4.74 Å². The molecular weight excluding hydrogens is 299 g/mol. The quantitative estimate of drug-likeness (QED) is 0.396. The summed E-state index contributed by atoms with van der Waals surface area (Å²) in [5.41, 5.74) is 0. The van der Waals surface area contributed by atoms with E-state index < -0.39 is 0 Å². The molecule has 0 aliphatic carbocycles. The van der Waals surface area contributed by atoms with Crippen molar-refractivity contribution in [3.8, 4) is 5.75 Å². The molecule has 17 heavy (non-hydrogen) atoms. The molecule has 0 aromatic heterocycles. The van der Waals surface area contributed by atoms with E-state index in [0.717, 1.165) is 25.0 Å². The molecule has 96 valence electrons. The Labute approximate surface area is 123 Å². The third-order valence-corrected chi connectivity index (χ3v) is 3.62. The van der Waals surface area contributed by atoms with Crippen LogP contribution in [0.3, 0.4) is 0 Å². The van der Waals surface area contributed by atoms with Gasteiger partial charge in [0.2, 0.25) is 0 Å². The molecule has 0 saturated carbocycles. The Balaban J connectivity index is 2.34. The molecule has 1 nitrogen and oxygen atoms in total. The van der Waals surface area contributed by atoms with Gasteiger partial charge in [-0.15, -0.1) is 0 Å². The van der Waals surface area contributed by atoms with E-state index in [0.29, 0.717) is 27.4 Å². The first kappa shape index (κ1) is 15.3. The highest BCUT2D eigenvalue weighted by atomic mass is 35.5. The zero-order valence-corrected chi connectivity index (χ0v) is 12.5. The summed E-state index contributed by atoms with van der Waals surface area (Å²) in [5.74, 6) is 1.54. The standard InChI is InChI=1S/C12H15Cl3OS/c13-9-7-11(15)12(8-10(9)14)16-5-3-1-2-4-6-17/h7-8,17H,1-6H2. The number of hydrogen-bond donors (Lipinski definition) is 1. The van der Waals surface area contributed by atoms with Gasteiger partial charge < -0.3 is 4.74 Å². The van der Waals surface area contributed by atoms with E-state index in [1.807, 2.05) is 0 Å². The smallest absolute Gasteiger partial charge is 0.139 e. The Morgan fingerprint density at radius 2 is 1.53 bits per heavy atom. The van der Waals surface area contributed by atoms with Gasteiger partial charge in [-0.05, 0) is 24.7 Å². The second-order valence-electron chi connectivity index (χ2n) is 3.68. The van der Waals surface area contributed by atoms with Gasteiger partial charge in [0.15, 0.2) is 0 Å². The lowest BCUT2D eigenvalue weighted by molar-refractivity contribution is 0.305. The minimum atomic E-state index is 0.442. The van der Waals surface area contributed by atoms with Gasteiger partial charge in [-0.3, -0.25) is 0 Å². The molecule has 0 bridgehead atoms. The van der Waals surface area contributed by atoms with Gasteiger partial charge in [-0.25, -0.2) is 0 Å². The SMILES string of the molecule is SCCCCCCOc1cc(Cl)c(Cl)cc1Cl. The molecule has 1 aromatic carbocycles. The summed E-state index contributed by atoms with van der Waals surface area (Å²) in [5, 5.41) is 1.40. The molecule has 1 aromatic rings. The molecule has 0 spiro atoms. The lowest BCUT2D eigenvalue weighted by atomic mass is 10.2. The second-order valence-corrected chi connectivity index (χ2v) is 5.35. The fourth-order valence-electron chi connectivity index (χ4n) is 1.36. The summed E-state index contributed by atoms with van der Waals surface area (Å²) in [7, 11) is 0. The Morgan fingerprint density at radius 3 is 2.24 bits per heavy atom. The van der Waals surface area contributed by atoms with Gasteiger partial charge in [0.1, 0.15) is 5.75 Å². The monoisotopic (exact) mass is 312 g/mol. The minimum Gasteiger partial charge on any atom is -0.492 e. The minimum absolute atomic E-state index is 0.442. The van der Waals surface area contributed by atoms with Crippen LogP contribution in [0, 0.1) is 0 Å². The fraction of sp³-hybridized carbons (Fsp3) is 0.500. The first-order valence-electron chi connectivity index (χ1n) is 5.53. The maximum absolute atomic E-state index is 5.99. The summed E-state index contributed by atoms with van der Waals surface area (Å²) in [4.78, 5) is 0.